The van der Waals surface area contributed by atoms with Gasteiger partial charge >= 0.3 is 0 Å². The third-order valence-electron chi connectivity index (χ3n) is 5.68. The van der Waals surface area contributed by atoms with Crippen LogP contribution in [0.2, 0.25) is 5.15 Å². The van der Waals surface area contributed by atoms with Crippen molar-refractivity contribution in [3.8, 4) is 0 Å². The lowest BCUT2D eigenvalue weighted by molar-refractivity contribution is 0.718. The zero-order valence-electron chi connectivity index (χ0n) is 16.5. The Morgan fingerprint density at radius 2 is 1.93 bits per heavy atom. The molecule has 0 spiro atoms. The summed E-state index contributed by atoms with van der Waals surface area (Å²) in [7, 11) is 0. The highest BCUT2D eigenvalue weighted by atomic mass is 35.5. The SMILES string of the molecule is CC(C)=CCn1c(C)c(C)c2cc(Cl)nc(N3CCc4ccccc4C3)c21. The van der Waals surface area contributed by atoms with Gasteiger partial charge in [0.2, 0.25) is 0 Å². The number of fused-ring (bicyclic) bond motifs is 2. The molecule has 4 rings (SSSR count). The summed E-state index contributed by atoms with van der Waals surface area (Å²) in [6, 6.07) is 10.7. The van der Waals surface area contributed by atoms with Crippen LogP contribution in [0, 0.1) is 13.8 Å². The van der Waals surface area contributed by atoms with Crippen molar-refractivity contribution in [1.82, 2.24) is 9.55 Å². The number of benzene rings is 1. The first-order chi connectivity index (χ1) is 13.0. The monoisotopic (exact) mass is 379 g/mol. The predicted octanol–water partition coefficient (Wildman–Crippen LogP) is 5.84. The number of aromatic nitrogens is 2. The maximum absolute atomic E-state index is 6.45. The second kappa shape index (κ2) is 7.05. The average molecular weight is 380 g/mol. The van der Waals surface area contributed by atoms with Crippen LogP contribution in [0.15, 0.2) is 42.0 Å². The highest BCUT2D eigenvalue weighted by molar-refractivity contribution is 6.30. The molecule has 3 aromatic rings. The molecule has 1 aromatic carbocycles. The van der Waals surface area contributed by atoms with Gasteiger partial charge in [0.15, 0.2) is 5.82 Å². The number of hydrogen-bond acceptors (Lipinski definition) is 2. The lowest BCUT2D eigenvalue weighted by Gasteiger charge is -2.30. The van der Waals surface area contributed by atoms with Crippen molar-refractivity contribution in [2.45, 2.75) is 47.2 Å². The fourth-order valence-corrected chi connectivity index (χ4v) is 4.20. The molecule has 0 unspecified atom stereocenters. The summed E-state index contributed by atoms with van der Waals surface area (Å²) in [6.45, 7) is 11.4. The van der Waals surface area contributed by atoms with Gasteiger partial charge in [-0.25, -0.2) is 4.98 Å². The molecule has 2 aromatic heterocycles. The van der Waals surface area contributed by atoms with E-state index < -0.39 is 0 Å². The molecule has 0 fully saturated rings. The number of allylic oxidation sites excluding steroid dienone is 2. The molecule has 3 nitrogen and oxygen atoms in total. The van der Waals surface area contributed by atoms with Crippen LogP contribution in [-0.2, 0) is 19.5 Å². The zero-order chi connectivity index (χ0) is 19.1. The summed E-state index contributed by atoms with van der Waals surface area (Å²) >= 11 is 6.45. The summed E-state index contributed by atoms with van der Waals surface area (Å²) < 4.78 is 2.39. The number of rotatable bonds is 3. The summed E-state index contributed by atoms with van der Waals surface area (Å²) in [5.74, 6) is 1.00. The fraction of sp³-hybridized carbons (Fsp3) is 0.348. The molecule has 0 N–H and O–H groups in total. The molecule has 3 heterocycles. The molecule has 1 aliphatic rings. The molecule has 0 atom stereocenters. The standard InChI is InChI=1S/C23H26ClN3/c1-15(2)9-12-27-17(4)16(3)20-13-21(24)25-23(22(20)27)26-11-10-18-7-5-6-8-19(18)14-26/h5-9,13H,10-12,14H2,1-4H3. The maximum Gasteiger partial charge on any atom is 0.155 e. The van der Waals surface area contributed by atoms with Gasteiger partial charge in [0.1, 0.15) is 5.15 Å². The van der Waals surface area contributed by atoms with Gasteiger partial charge in [0.25, 0.3) is 0 Å². The van der Waals surface area contributed by atoms with Gasteiger partial charge in [-0.15, -0.1) is 0 Å². The quantitative estimate of drug-likeness (QED) is 0.421. The molecule has 4 heteroatoms. The van der Waals surface area contributed by atoms with Crippen molar-refractivity contribution in [2.24, 2.45) is 0 Å². The van der Waals surface area contributed by atoms with Crippen molar-refractivity contribution in [3.63, 3.8) is 0 Å². The summed E-state index contributed by atoms with van der Waals surface area (Å²) in [6.07, 6.45) is 3.31. The molecule has 0 bridgehead atoms. The van der Waals surface area contributed by atoms with Gasteiger partial charge in [-0.3, -0.25) is 0 Å². The Morgan fingerprint density at radius 3 is 2.67 bits per heavy atom. The molecule has 0 aliphatic carbocycles. The molecule has 0 radical (unpaired) electrons. The molecule has 27 heavy (non-hydrogen) atoms. The van der Waals surface area contributed by atoms with Crippen molar-refractivity contribution in [1.29, 1.82) is 0 Å². The van der Waals surface area contributed by atoms with Crippen LogP contribution in [-0.4, -0.2) is 16.1 Å². The van der Waals surface area contributed by atoms with Gasteiger partial charge in [0.05, 0.1) is 5.52 Å². The number of halogens is 1. The predicted molar refractivity (Wildman–Crippen MR) is 115 cm³/mol. The van der Waals surface area contributed by atoms with Crippen LogP contribution in [0.5, 0.6) is 0 Å². The van der Waals surface area contributed by atoms with Crippen molar-refractivity contribution in [2.75, 3.05) is 11.4 Å². The molecular formula is C23H26ClN3. The number of aryl methyl sites for hydroxylation is 1. The Morgan fingerprint density at radius 1 is 1.19 bits per heavy atom. The van der Waals surface area contributed by atoms with Crippen molar-refractivity contribution >= 4 is 28.3 Å². The number of nitrogens with zero attached hydrogens (tertiary/aromatic N) is 3. The van der Waals surface area contributed by atoms with E-state index in [-0.39, 0.29) is 0 Å². The minimum absolute atomic E-state index is 0.568. The van der Waals surface area contributed by atoms with Crippen LogP contribution in [0.1, 0.15) is 36.2 Å². The molecule has 0 amide bonds. The Kier molecular flexibility index (Phi) is 4.73. The third kappa shape index (κ3) is 3.25. The largest absolute Gasteiger partial charge is 0.350 e. The Labute approximate surface area is 166 Å². The van der Waals surface area contributed by atoms with E-state index in [1.165, 1.54) is 38.9 Å². The van der Waals surface area contributed by atoms with Gasteiger partial charge in [0, 0.05) is 30.7 Å². The topological polar surface area (TPSA) is 21.1 Å². The van der Waals surface area contributed by atoms with Crippen molar-refractivity contribution < 1.29 is 0 Å². The lowest BCUT2D eigenvalue weighted by atomic mass is 10.00. The van der Waals surface area contributed by atoms with E-state index >= 15 is 0 Å². The van der Waals surface area contributed by atoms with E-state index in [1.54, 1.807) is 0 Å². The molecule has 0 saturated carbocycles. The highest BCUT2D eigenvalue weighted by Gasteiger charge is 2.23. The van der Waals surface area contributed by atoms with E-state index in [2.05, 4.69) is 67.5 Å². The molecule has 140 valence electrons. The fourth-order valence-electron chi connectivity index (χ4n) is 4.01. The van der Waals surface area contributed by atoms with Crippen LogP contribution in [0.3, 0.4) is 0 Å². The van der Waals surface area contributed by atoms with Crippen molar-refractivity contribution in [3.05, 3.63) is 69.5 Å². The normalized spacial score (nSPS) is 13.7. The minimum atomic E-state index is 0.568. The molecular weight excluding hydrogens is 354 g/mol. The van der Waals surface area contributed by atoms with Gasteiger partial charge in [-0.1, -0.05) is 47.5 Å². The average Bonchev–Trinajstić information content (AvgIpc) is 2.89. The first-order valence-electron chi connectivity index (χ1n) is 9.56. The highest BCUT2D eigenvalue weighted by Crippen LogP contribution is 2.35. The third-order valence-corrected chi connectivity index (χ3v) is 5.87. The maximum atomic E-state index is 6.45. The molecule has 1 aliphatic heterocycles. The number of hydrogen-bond donors (Lipinski definition) is 0. The second-order valence-corrected chi connectivity index (χ2v) is 8.09. The van der Waals surface area contributed by atoms with Crippen LogP contribution in [0.25, 0.3) is 10.9 Å². The Hall–Kier alpha value is -2.26. The summed E-state index contributed by atoms with van der Waals surface area (Å²) in [5, 5.41) is 1.78. The summed E-state index contributed by atoms with van der Waals surface area (Å²) in [5.41, 5.74) is 7.92. The lowest BCUT2D eigenvalue weighted by Crippen LogP contribution is -2.31. The van der Waals surface area contributed by atoms with E-state index in [1.807, 2.05) is 6.07 Å². The van der Waals surface area contributed by atoms with Crippen LogP contribution >= 0.6 is 11.6 Å². The van der Waals surface area contributed by atoms with Crippen LogP contribution in [0.4, 0.5) is 5.82 Å². The Balaban J connectivity index is 1.88. The van der Waals surface area contributed by atoms with Gasteiger partial charge in [-0.2, -0.15) is 0 Å². The van der Waals surface area contributed by atoms with E-state index in [0.29, 0.717) is 5.15 Å². The zero-order valence-corrected chi connectivity index (χ0v) is 17.3. The number of anilines is 1. The van der Waals surface area contributed by atoms with Crippen LogP contribution < -0.4 is 4.90 Å². The van der Waals surface area contributed by atoms with E-state index in [0.717, 1.165) is 31.9 Å². The smallest absolute Gasteiger partial charge is 0.155 e. The first kappa shape index (κ1) is 18.1. The minimum Gasteiger partial charge on any atom is -0.350 e. The second-order valence-electron chi connectivity index (χ2n) is 7.71. The van der Waals surface area contributed by atoms with E-state index in [9.17, 15) is 0 Å². The molecule has 0 saturated heterocycles. The summed E-state index contributed by atoms with van der Waals surface area (Å²) in [4.78, 5) is 7.17. The first-order valence-corrected chi connectivity index (χ1v) is 9.94. The van der Waals surface area contributed by atoms with Gasteiger partial charge in [-0.05, 0) is 56.9 Å². The number of pyridine rings is 1. The Bertz CT molecular complexity index is 1040. The van der Waals surface area contributed by atoms with E-state index in [4.69, 9.17) is 16.6 Å². The van der Waals surface area contributed by atoms with Gasteiger partial charge < -0.3 is 9.47 Å².